The largest absolute Gasteiger partial charge is 0.491 e. The first-order chi connectivity index (χ1) is 14.1. The molecule has 154 valence electrons. The van der Waals surface area contributed by atoms with Crippen molar-refractivity contribution >= 4 is 58.8 Å². The van der Waals surface area contributed by atoms with Crippen molar-refractivity contribution < 1.29 is 14.3 Å². The van der Waals surface area contributed by atoms with Gasteiger partial charge in [-0.1, -0.05) is 35.3 Å². The predicted molar refractivity (Wildman–Crippen MR) is 123 cm³/mol. The average Bonchev–Trinajstić information content (AvgIpc) is 3.24. The molecule has 1 N–H and O–H groups in total. The lowest BCUT2D eigenvalue weighted by Crippen LogP contribution is -2.24. The van der Waals surface area contributed by atoms with Crippen LogP contribution in [0.5, 0.6) is 11.5 Å². The Hall–Kier alpha value is -1.54. The van der Waals surface area contributed by atoms with Crippen LogP contribution in [0.25, 0.3) is 0 Å². The maximum Gasteiger partial charge on any atom is 0.277 e. The predicted octanol–water partition coefficient (Wildman–Crippen LogP) is 5.40. The smallest absolute Gasteiger partial charge is 0.277 e. The topological polar surface area (TPSA) is 59.9 Å². The zero-order valence-electron chi connectivity index (χ0n) is 15.7. The van der Waals surface area contributed by atoms with E-state index in [-0.39, 0.29) is 12.5 Å². The lowest BCUT2D eigenvalue weighted by molar-refractivity contribution is -0.123. The van der Waals surface area contributed by atoms with E-state index in [1.807, 2.05) is 54.7 Å². The average molecular weight is 471 g/mol. The van der Waals surface area contributed by atoms with E-state index in [2.05, 4.69) is 10.5 Å². The monoisotopic (exact) mass is 470 g/mol. The number of ether oxygens (including phenoxy) is 2. The van der Waals surface area contributed by atoms with Crippen LogP contribution in [0.1, 0.15) is 22.6 Å². The molecule has 0 spiro atoms. The molecule has 0 radical (unpaired) electrons. The minimum Gasteiger partial charge on any atom is -0.491 e. The first kappa shape index (κ1) is 22.2. The second-order valence-corrected chi connectivity index (χ2v) is 9.51. The lowest BCUT2D eigenvalue weighted by atomic mass is 10.2. The highest BCUT2D eigenvalue weighted by Gasteiger charge is 2.18. The van der Waals surface area contributed by atoms with Gasteiger partial charge in [0.2, 0.25) is 0 Å². The van der Waals surface area contributed by atoms with Gasteiger partial charge in [0.1, 0.15) is 5.75 Å². The van der Waals surface area contributed by atoms with Crippen molar-refractivity contribution in [1.82, 2.24) is 5.43 Å². The Labute approximate surface area is 188 Å². The molecule has 9 heteroatoms. The van der Waals surface area contributed by atoms with Crippen molar-refractivity contribution in [2.24, 2.45) is 5.10 Å². The van der Waals surface area contributed by atoms with Crippen molar-refractivity contribution in [3.05, 3.63) is 57.6 Å². The number of nitrogens with one attached hydrogen (secondary N) is 1. The van der Waals surface area contributed by atoms with Crippen LogP contribution in [-0.2, 0) is 4.79 Å². The summed E-state index contributed by atoms with van der Waals surface area (Å²) in [5, 5.41) is 4.68. The molecule has 0 bridgehead atoms. The molecule has 0 aromatic heterocycles. The van der Waals surface area contributed by atoms with Gasteiger partial charge < -0.3 is 9.47 Å². The minimum absolute atomic E-state index is 0.131. The highest BCUT2D eigenvalue weighted by atomic mass is 35.5. The Bertz CT molecular complexity index is 850. The Morgan fingerprint density at radius 3 is 2.45 bits per heavy atom. The third-order valence-electron chi connectivity index (χ3n) is 3.86. The Kier molecular flexibility index (Phi) is 8.41. The zero-order chi connectivity index (χ0) is 20.6. The van der Waals surface area contributed by atoms with E-state index in [0.29, 0.717) is 38.3 Å². The summed E-state index contributed by atoms with van der Waals surface area (Å²) < 4.78 is 11.4. The molecule has 0 unspecified atom stereocenters. The Morgan fingerprint density at radius 1 is 1.17 bits per heavy atom. The fraction of sp³-hybridized carbons (Fsp3) is 0.300. The summed E-state index contributed by atoms with van der Waals surface area (Å²) in [5.74, 6) is 3.08. The number of hydrogen-bond acceptors (Lipinski definition) is 6. The summed E-state index contributed by atoms with van der Waals surface area (Å²) in [7, 11) is 0. The van der Waals surface area contributed by atoms with E-state index >= 15 is 0 Å². The first-order valence-electron chi connectivity index (χ1n) is 8.96. The highest BCUT2D eigenvalue weighted by Crippen LogP contribution is 2.45. The van der Waals surface area contributed by atoms with Gasteiger partial charge in [-0.2, -0.15) is 5.10 Å². The maximum absolute atomic E-state index is 11.9. The first-order valence-corrected chi connectivity index (χ1v) is 11.8. The molecule has 1 aliphatic rings. The van der Waals surface area contributed by atoms with Crippen molar-refractivity contribution in [2.75, 3.05) is 24.7 Å². The Morgan fingerprint density at radius 2 is 1.83 bits per heavy atom. The van der Waals surface area contributed by atoms with Crippen LogP contribution in [0.3, 0.4) is 0 Å². The number of benzene rings is 2. The maximum atomic E-state index is 11.9. The molecule has 29 heavy (non-hydrogen) atoms. The number of hydrazone groups is 1. The molecule has 0 saturated carbocycles. The van der Waals surface area contributed by atoms with Crippen LogP contribution in [0.2, 0.25) is 10.0 Å². The van der Waals surface area contributed by atoms with Crippen LogP contribution in [0.15, 0.2) is 41.5 Å². The molecule has 1 saturated heterocycles. The van der Waals surface area contributed by atoms with Crippen molar-refractivity contribution in [3.8, 4) is 11.5 Å². The summed E-state index contributed by atoms with van der Waals surface area (Å²) in [6.45, 7) is 2.18. The number of hydrogen-bond donors (Lipinski definition) is 1. The van der Waals surface area contributed by atoms with Crippen molar-refractivity contribution in [2.45, 2.75) is 11.5 Å². The van der Waals surface area contributed by atoms with Gasteiger partial charge in [0.15, 0.2) is 12.4 Å². The van der Waals surface area contributed by atoms with E-state index < -0.39 is 0 Å². The number of thioether (sulfide) groups is 2. The van der Waals surface area contributed by atoms with Crippen LogP contribution >= 0.6 is 46.7 Å². The number of rotatable bonds is 8. The molecule has 2 aromatic rings. The van der Waals surface area contributed by atoms with Crippen LogP contribution in [-0.4, -0.2) is 36.8 Å². The van der Waals surface area contributed by atoms with Gasteiger partial charge >= 0.3 is 0 Å². The van der Waals surface area contributed by atoms with Crippen molar-refractivity contribution in [3.63, 3.8) is 0 Å². The quantitative estimate of drug-likeness (QED) is 0.413. The van der Waals surface area contributed by atoms with Gasteiger partial charge in [-0.3, -0.25) is 4.79 Å². The summed E-state index contributed by atoms with van der Waals surface area (Å²) >= 11 is 16.2. The second kappa shape index (κ2) is 11.0. The van der Waals surface area contributed by atoms with E-state index in [4.69, 9.17) is 32.7 Å². The van der Waals surface area contributed by atoms with Crippen LogP contribution in [0, 0.1) is 0 Å². The number of amides is 1. The molecule has 1 amide bonds. The van der Waals surface area contributed by atoms with E-state index in [0.717, 1.165) is 0 Å². The zero-order valence-corrected chi connectivity index (χ0v) is 18.8. The molecule has 1 fully saturated rings. The van der Waals surface area contributed by atoms with E-state index in [1.54, 1.807) is 12.1 Å². The molecule has 2 aromatic carbocycles. The number of carbonyl (C=O) groups excluding carboxylic acids is 1. The van der Waals surface area contributed by atoms with Gasteiger partial charge in [-0.15, -0.1) is 23.5 Å². The molecule has 0 aliphatic carbocycles. The molecule has 0 atom stereocenters. The van der Waals surface area contributed by atoms with Crippen LogP contribution in [0.4, 0.5) is 0 Å². The summed E-state index contributed by atoms with van der Waals surface area (Å²) in [6.07, 6.45) is 1.46. The normalized spacial score (nSPS) is 14.3. The molecule has 3 rings (SSSR count). The fourth-order valence-corrected chi connectivity index (χ4v) is 6.04. The highest BCUT2D eigenvalue weighted by molar-refractivity contribution is 8.19. The number of carbonyl (C=O) groups is 1. The molecule has 5 nitrogen and oxygen atoms in total. The van der Waals surface area contributed by atoms with Gasteiger partial charge in [0, 0.05) is 11.5 Å². The number of nitrogens with zero attached hydrogens (tertiary/aromatic N) is 1. The summed E-state index contributed by atoms with van der Waals surface area (Å²) in [6, 6.07) is 11.2. The second-order valence-electron chi connectivity index (χ2n) is 5.97. The van der Waals surface area contributed by atoms with E-state index in [9.17, 15) is 4.79 Å². The summed E-state index contributed by atoms with van der Waals surface area (Å²) in [4.78, 5) is 11.9. The fourth-order valence-electron chi connectivity index (χ4n) is 2.57. The van der Waals surface area contributed by atoms with Gasteiger partial charge in [-0.25, -0.2) is 5.43 Å². The molecule has 1 heterocycles. The van der Waals surface area contributed by atoms with Gasteiger partial charge in [-0.05, 0) is 42.3 Å². The molecule has 1 aliphatic heterocycles. The summed E-state index contributed by atoms with van der Waals surface area (Å²) in [5.41, 5.74) is 4.33. The minimum atomic E-state index is -0.365. The van der Waals surface area contributed by atoms with Crippen molar-refractivity contribution in [1.29, 1.82) is 0 Å². The third-order valence-corrected chi connectivity index (χ3v) is 7.52. The SMILES string of the molecule is CCOc1c(Cl)cc(/C=N\NC(=O)COc2ccc(C3SCCS3)cc2)cc1Cl. The molecular formula is C20H20Cl2N2O3S2. The number of halogens is 2. The van der Waals surface area contributed by atoms with Gasteiger partial charge in [0.05, 0.1) is 27.4 Å². The molecular weight excluding hydrogens is 451 g/mol. The third kappa shape index (κ3) is 6.47. The van der Waals surface area contributed by atoms with E-state index in [1.165, 1.54) is 23.3 Å². The van der Waals surface area contributed by atoms with Crippen LogP contribution < -0.4 is 14.9 Å². The standard InChI is InChI=1S/C20H20Cl2N2O3S2/c1-2-26-19-16(21)9-13(10-17(19)22)11-23-24-18(25)12-27-15-5-3-14(4-6-15)20-28-7-8-29-20/h3-6,9-11,20H,2,7-8,12H2,1H3,(H,24,25)/b23-11-. The lowest BCUT2D eigenvalue weighted by Gasteiger charge is -2.10. The van der Waals surface area contributed by atoms with Gasteiger partial charge in [0.25, 0.3) is 5.91 Å². The Balaban J connectivity index is 1.47.